The van der Waals surface area contributed by atoms with E-state index in [1.165, 1.54) is 0 Å². The third-order valence-corrected chi connectivity index (χ3v) is 4.37. The number of hydrogen-bond donors (Lipinski definition) is 1. The molecular weight excluding hydrogens is 240 g/mol. The van der Waals surface area contributed by atoms with Gasteiger partial charge in [0.2, 0.25) is 5.91 Å². The number of anilines is 1. The maximum atomic E-state index is 11.4. The monoisotopic (exact) mass is 260 g/mol. The molecule has 0 saturated carbocycles. The Bertz CT molecular complexity index is 506. The van der Waals surface area contributed by atoms with Crippen LogP contribution in [0.4, 0.5) is 5.82 Å². The Labute approximate surface area is 113 Å². The SMILES string of the molecule is Cc1cnc(C)c(N2CCC3(CC2)CNC(=O)C3)n1. The summed E-state index contributed by atoms with van der Waals surface area (Å²) in [5, 5.41) is 2.97. The molecule has 2 saturated heterocycles. The van der Waals surface area contributed by atoms with Crippen molar-refractivity contribution in [2.45, 2.75) is 33.1 Å². The van der Waals surface area contributed by atoms with Crippen LogP contribution in [0.2, 0.25) is 0 Å². The van der Waals surface area contributed by atoms with Gasteiger partial charge in [-0.15, -0.1) is 0 Å². The van der Waals surface area contributed by atoms with Crippen LogP contribution in [-0.4, -0.2) is 35.5 Å². The van der Waals surface area contributed by atoms with Crippen molar-refractivity contribution in [3.8, 4) is 0 Å². The molecular formula is C14H20N4O. The lowest BCUT2D eigenvalue weighted by Gasteiger charge is -2.39. The Hall–Kier alpha value is -1.65. The number of amides is 1. The number of aryl methyl sites for hydroxylation is 2. The van der Waals surface area contributed by atoms with Gasteiger partial charge in [-0.25, -0.2) is 4.98 Å². The summed E-state index contributed by atoms with van der Waals surface area (Å²) in [5.41, 5.74) is 2.14. The molecule has 0 radical (unpaired) electrons. The molecule has 2 fully saturated rings. The van der Waals surface area contributed by atoms with Crippen molar-refractivity contribution in [1.29, 1.82) is 0 Å². The van der Waals surface area contributed by atoms with Crippen LogP contribution in [-0.2, 0) is 4.79 Å². The number of carbonyl (C=O) groups excluding carboxylic acids is 1. The molecule has 3 rings (SSSR count). The lowest BCUT2D eigenvalue weighted by atomic mass is 9.77. The van der Waals surface area contributed by atoms with E-state index >= 15 is 0 Å². The minimum absolute atomic E-state index is 0.193. The molecule has 3 heterocycles. The van der Waals surface area contributed by atoms with E-state index in [0.29, 0.717) is 6.42 Å². The summed E-state index contributed by atoms with van der Waals surface area (Å²) in [7, 11) is 0. The van der Waals surface area contributed by atoms with Crippen LogP contribution < -0.4 is 10.2 Å². The predicted octanol–water partition coefficient (Wildman–Crippen LogP) is 1.20. The third kappa shape index (κ3) is 2.29. The van der Waals surface area contributed by atoms with Crippen LogP contribution in [0.15, 0.2) is 6.20 Å². The zero-order valence-corrected chi connectivity index (χ0v) is 11.6. The summed E-state index contributed by atoms with van der Waals surface area (Å²) < 4.78 is 0. The average molecular weight is 260 g/mol. The number of nitrogens with zero attached hydrogens (tertiary/aromatic N) is 3. The number of nitrogens with one attached hydrogen (secondary N) is 1. The first kappa shape index (κ1) is 12.4. The van der Waals surface area contributed by atoms with Crippen molar-refractivity contribution in [1.82, 2.24) is 15.3 Å². The molecule has 1 aromatic heterocycles. The summed E-state index contributed by atoms with van der Waals surface area (Å²) in [6.45, 7) is 6.76. The van der Waals surface area contributed by atoms with Crippen LogP contribution in [0, 0.1) is 19.3 Å². The van der Waals surface area contributed by atoms with Gasteiger partial charge < -0.3 is 10.2 Å². The highest BCUT2D eigenvalue weighted by atomic mass is 16.1. The third-order valence-electron chi connectivity index (χ3n) is 4.37. The van der Waals surface area contributed by atoms with Crippen molar-refractivity contribution in [2.24, 2.45) is 5.41 Å². The maximum absolute atomic E-state index is 11.4. The molecule has 102 valence electrons. The molecule has 2 aliphatic heterocycles. The first-order valence-corrected chi connectivity index (χ1v) is 6.90. The molecule has 2 aliphatic rings. The molecule has 0 atom stereocenters. The second kappa shape index (κ2) is 4.47. The maximum Gasteiger partial charge on any atom is 0.220 e. The van der Waals surface area contributed by atoms with Crippen molar-refractivity contribution >= 4 is 11.7 Å². The highest BCUT2D eigenvalue weighted by molar-refractivity contribution is 5.79. The van der Waals surface area contributed by atoms with Gasteiger partial charge in [0.05, 0.1) is 11.4 Å². The van der Waals surface area contributed by atoms with Crippen LogP contribution in [0.1, 0.15) is 30.7 Å². The van der Waals surface area contributed by atoms with Crippen LogP contribution in [0.3, 0.4) is 0 Å². The number of carbonyl (C=O) groups is 1. The Balaban J connectivity index is 1.73. The summed E-state index contributed by atoms with van der Waals surface area (Å²) in [4.78, 5) is 22.7. The lowest BCUT2D eigenvalue weighted by molar-refractivity contribution is -0.119. The first-order valence-electron chi connectivity index (χ1n) is 6.90. The second-order valence-electron chi connectivity index (χ2n) is 5.86. The normalized spacial score (nSPS) is 21.8. The van der Waals surface area contributed by atoms with E-state index < -0.39 is 0 Å². The van der Waals surface area contributed by atoms with Gasteiger partial charge in [-0.2, -0.15) is 0 Å². The molecule has 0 aliphatic carbocycles. The largest absolute Gasteiger partial charge is 0.356 e. The molecule has 1 spiro atoms. The standard InChI is InChI=1S/C14H20N4O/c1-10-8-15-11(2)13(17-10)18-5-3-14(4-6-18)7-12(19)16-9-14/h8H,3-7,9H2,1-2H3,(H,16,19). The van der Waals surface area contributed by atoms with Crippen molar-refractivity contribution in [3.63, 3.8) is 0 Å². The molecule has 19 heavy (non-hydrogen) atoms. The minimum Gasteiger partial charge on any atom is -0.356 e. The van der Waals surface area contributed by atoms with Crippen molar-refractivity contribution in [3.05, 3.63) is 17.6 Å². The smallest absolute Gasteiger partial charge is 0.220 e. The Kier molecular flexibility index (Phi) is 2.92. The Morgan fingerprint density at radius 1 is 1.32 bits per heavy atom. The molecule has 0 unspecified atom stereocenters. The zero-order valence-electron chi connectivity index (χ0n) is 11.6. The van der Waals surface area contributed by atoms with Gasteiger partial charge in [-0.3, -0.25) is 9.78 Å². The van der Waals surface area contributed by atoms with E-state index in [2.05, 4.69) is 20.2 Å². The predicted molar refractivity (Wildman–Crippen MR) is 73.0 cm³/mol. The zero-order chi connectivity index (χ0) is 13.5. The topological polar surface area (TPSA) is 58.1 Å². The van der Waals surface area contributed by atoms with E-state index in [1.807, 2.05) is 20.0 Å². The van der Waals surface area contributed by atoms with Gasteiger partial charge in [0.15, 0.2) is 0 Å². The fourth-order valence-corrected chi connectivity index (χ4v) is 3.12. The fourth-order valence-electron chi connectivity index (χ4n) is 3.12. The van der Waals surface area contributed by atoms with Gasteiger partial charge in [-0.05, 0) is 32.1 Å². The van der Waals surface area contributed by atoms with E-state index in [9.17, 15) is 4.79 Å². The van der Waals surface area contributed by atoms with Crippen molar-refractivity contribution in [2.75, 3.05) is 24.5 Å². The molecule has 1 N–H and O–H groups in total. The van der Waals surface area contributed by atoms with E-state index in [0.717, 1.165) is 49.7 Å². The van der Waals surface area contributed by atoms with Crippen LogP contribution >= 0.6 is 0 Å². The highest BCUT2D eigenvalue weighted by Crippen LogP contribution is 2.38. The molecule has 5 heteroatoms. The molecule has 0 aromatic carbocycles. The fraction of sp³-hybridized carbons (Fsp3) is 0.643. The Morgan fingerprint density at radius 2 is 2.05 bits per heavy atom. The molecule has 1 amide bonds. The summed E-state index contributed by atoms with van der Waals surface area (Å²) >= 11 is 0. The first-order chi connectivity index (χ1) is 9.08. The second-order valence-corrected chi connectivity index (χ2v) is 5.86. The summed E-state index contributed by atoms with van der Waals surface area (Å²) in [5.74, 6) is 1.21. The van der Waals surface area contributed by atoms with Crippen LogP contribution in [0.25, 0.3) is 0 Å². The van der Waals surface area contributed by atoms with E-state index in [1.54, 1.807) is 0 Å². The van der Waals surface area contributed by atoms with Gasteiger partial charge in [-0.1, -0.05) is 0 Å². The minimum atomic E-state index is 0.193. The molecule has 1 aromatic rings. The van der Waals surface area contributed by atoms with E-state index in [-0.39, 0.29) is 11.3 Å². The molecule has 5 nitrogen and oxygen atoms in total. The average Bonchev–Trinajstić information content (AvgIpc) is 2.75. The van der Waals surface area contributed by atoms with Crippen LogP contribution in [0.5, 0.6) is 0 Å². The lowest BCUT2D eigenvalue weighted by Crippen LogP contribution is -2.42. The summed E-state index contributed by atoms with van der Waals surface area (Å²) in [6.07, 6.45) is 4.62. The van der Waals surface area contributed by atoms with E-state index in [4.69, 9.17) is 0 Å². The number of aromatic nitrogens is 2. The van der Waals surface area contributed by atoms with Gasteiger partial charge in [0.1, 0.15) is 5.82 Å². The molecule has 0 bridgehead atoms. The summed E-state index contributed by atoms with van der Waals surface area (Å²) in [6, 6.07) is 0. The number of hydrogen-bond acceptors (Lipinski definition) is 4. The van der Waals surface area contributed by atoms with Crippen molar-refractivity contribution < 1.29 is 4.79 Å². The van der Waals surface area contributed by atoms with Gasteiger partial charge in [0.25, 0.3) is 0 Å². The van der Waals surface area contributed by atoms with Gasteiger partial charge >= 0.3 is 0 Å². The van der Waals surface area contributed by atoms with Gasteiger partial charge in [0, 0.05) is 32.3 Å². The highest BCUT2D eigenvalue weighted by Gasteiger charge is 2.41. The quantitative estimate of drug-likeness (QED) is 0.824. The number of piperidine rings is 1. The Morgan fingerprint density at radius 3 is 2.68 bits per heavy atom. The number of rotatable bonds is 1.